The van der Waals surface area contributed by atoms with Crippen molar-refractivity contribution in [2.75, 3.05) is 19.9 Å². The summed E-state index contributed by atoms with van der Waals surface area (Å²) in [5.41, 5.74) is -1.03. The zero-order chi connectivity index (χ0) is 12.1. The van der Waals surface area contributed by atoms with Crippen LogP contribution in [0.5, 0.6) is 0 Å². The fraction of sp³-hybridized carbons (Fsp3) is 0.889. The fourth-order valence-corrected chi connectivity index (χ4v) is 2.47. The Morgan fingerprint density at radius 1 is 1.33 bits per heavy atom. The van der Waals surface area contributed by atoms with Crippen molar-refractivity contribution >= 4 is 13.5 Å². The summed E-state index contributed by atoms with van der Waals surface area (Å²) < 4.78 is 27.0. The van der Waals surface area contributed by atoms with Gasteiger partial charge < -0.3 is 9.26 Å². The van der Waals surface area contributed by atoms with E-state index in [1.165, 1.54) is 6.66 Å². The van der Waals surface area contributed by atoms with E-state index in [1.807, 2.05) is 0 Å². The van der Waals surface area contributed by atoms with Gasteiger partial charge >= 0.3 is 7.60 Å². The van der Waals surface area contributed by atoms with Crippen LogP contribution in [0.4, 0.5) is 0 Å². The molecule has 0 amide bonds. The lowest BCUT2D eigenvalue weighted by molar-refractivity contribution is 0.109. The molecule has 1 N–H and O–H groups in total. The highest BCUT2D eigenvalue weighted by Gasteiger charge is 2.34. The molecule has 0 heterocycles. The topological polar surface area (TPSA) is 68.6 Å². The Labute approximate surface area is 91.1 Å². The van der Waals surface area contributed by atoms with Crippen molar-refractivity contribution in [3.8, 4) is 0 Å². The maximum atomic E-state index is 11.7. The molecule has 6 heteroatoms. The molecule has 0 fully saturated rings. The Morgan fingerprint density at radius 3 is 2.27 bits per heavy atom. The third-order valence-corrected chi connectivity index (χ3v) is 3.11. The van der Waals surface area contributed by atoms with Crippen molar-refractivity contribution in [2.45, 2.75) is 33.3 Å². The largest absolute Gasteiger partial charge is 0.479 e. The molecule has 0 saturated heterocycles. The second kappa shape index (κ2) is 5.64. The van der Waals surface area contributed by atoms with E-state index >= 15 is 0 Å². The molecule has 0 aromatic rings. The molecule has 0 aliphatic carbocycles. The summed E-state index contributed by atoms with van der Waals surface area (Å²) in [4.78, 5) is 0. The molecule has 1 atom stereocenters. The van der Waals surface area contributed by atoms with Gasteiger partial charge in [-0.15, -0.1) is 0 Å². The monoisotopic (exact) mass is 237 g/mol. The van der Waals surface area contributed by atoms with Crippen LogP contribution in [-0.4, -0.2) is 31.4 Å². The van der Waals surface area contributed by atoms with Crippen molar-refractivity contribution in [1.82, 2.24) is 0 Å². The molecule has 15 heavy (non-hydrogen) atoms. The van der Waals surface area contributed by atoms with Gasteiger partial charge in [-0.2, -0.15) is 0 Å². The van der Waals surface area contributed by atoms with Crippen LogP contribution in [0.1, 0.15) is 27.7 Å². The van der Waals surface area contributed by atoms with Crippen LogP contribution in [0, 0.1) is 5.41 Å². The Morgan fingerprint density at radius 2 is 1.87 bits per heavy atom. The average molecular weight is 237 g/mol. The first kappa shape index (κ1) is 14.6. The molecule has 0 rings (SSSR count). The van der Waals surface area contributed by atoms with Gasteiger partial charge in [0.25, 0.3) is 0 Å². The van der Waals surface area contributed by atoms with E-state index in [1.54, 1.807) is 27.7 Å². The first-order valence-electron chi connectivity index (χ1n) is 4.89. The lowest BCUT2D eigenvalue weighted by Crippen LogP contribution is -2.35. The first-order valence-corrected chi connectivity index (χ1v) is 6.88. The second-order valence-corrected chi connectivity index (χ2v) is 5.54. The maximum absolute atomic E-state index is 11.7. The van der Waals surface area contributed by atoms with Crippen molar-refractivity contribution in [3.05, 3.63) is 0 Å². The van der Waals surface area contributed by atoms with E-state index in [4.69, 9.17) is 19.2 Å². The zero-order valence-electron chi connectivity index (χ0n) is 9.99. The number of nitrogens with one attached hydrogen (secondary N) is 1. The fourth-order valence-electron chi connectivity index (χ4n) is 1.04. The SMILES string of the molecule is CCOC(=N)C(C)(C)OP(C)(=O)OCC. The molecule has 0 aliphatic rings. The van der Waals surface area contributed by atoms with Crippen LogP contribution < -0.4 is 0 Å². The highest BCUT2D eigenvalue weighted by Crippen LogP contribution is 2.47. The summed E-state index contributed by atoms with van der Waals surface area (Å²) in [5.74, 6) is -0.0493. The van der Waals surface area contributed by atoms with Crippen LogP contribution in [0.25, 0.3) is 0 Å². The van der Waals surface area contributed by atoms with Gasteiger partial charge in [0.2, 0.25) is 5.90 Å². The highest BCUT2D eigenvalue weighted by atomic mass is 31.2. The second-order valence-electron chi connectivity index (χ2n) is 3.55. The summed E-state index contributed by atoms with van der Waals surface area (Å²) >= 11 is 0. The van der Waals surface area contributed by atoms with Crippen molar-refractivity contribution in [2.24, 2.45) is 0 Å². The number of hydrogen-bond donors (Lipinski definition) is 1. The minimum absolute atomic E-state index is 0.0493. The third-order valence-electron chi connectivity index (χ3n) is 1.59. The van der Waals surface area contributed by atoms with Gasteiger partial charge in [-0.25, -0.2) is 0 Å². The first-order chi connectivity index (χ1) is 6.75. The highest BCUT2D eigenvalue weighted by molar-refractivity contribution is 7.53. The average Bonchev–Trinajstić information content (AvgIpc) is 2.01. The molecular formula is C9H20NO4P. The predicted octanol–water partition coefficient (Wildman–Crippen LogP) is 2.65. The van der Waals surface area contributed by atoms with Crippen LogP contribution in [0.15, 0.2) is 0 Å². The molecule has 0 spiro atoms. The van der Waals surface area contributed by atoms with E-state index in [-0.39, 0.29) is 5.90 Å². The minimum atomic E-state index is -3.11. The minimum Gasteiger partial charge on any atom is -0.479 e. The Balaban J connectivity index is 4.48. The van der Waals surface area contributed by atoms with Crippen molar-refractivity contribution in [1.29, 1.82) is 5.41 Å². The van der Waals surface area contributed by atoms with E-state index in [0.717, 1.165) is 0 Å². The van der Waals surface area contributed by atoms with Gasteiger partial charge in [0, 0.05) is 6.66 Å². The molecule has 90 valence electrons. The van der Waals surface area contributed by atoms with E-state index in [2.05, 4.69) is 0 Å². The molecule has 0 bridgehead atoms. The van der Waals surface area contributed by atoms with E-state index in [9.17, 15) is 4.57 Å². The van der Waals surface area contributed by atoms with E-state index < -0.39 is 13.2 Å². The van der Waals surface area contributed by atoms with E-state index in [0.29, 0.717) is 13.2 Å². The summed E-state index contributed by atoms with van der Waals surface area (Å²) in [6, 6.07) is 0. The standard InChI is InChI=1S/C9H20NO4P/c1-6-12-8(10)9(3,4)14-15(5,11)13-7-2/h10H,6-7H2,1-5H3. The quantitative estimate of drug-likeness (QED) is 0.438. The summed E-state index contributed by atoms with van der Waals surface area (Å²) in [6.07, 6.45) is 0. The molecular weight excluding hydrogens is 217 g/mol. The van der Waals surface area contributed by atoms with Gasteiger partial charge in [0.15, 0.2) is 0 Å². The van der Waals surface area contributed by atoms with Crippen LogP contribution in [-0.2, 0) is 18.3 Å². The number of rotatable bonds is 6. The smallest absolute Gasteiger partial charge is 0.328 e. The lowest BCUT2D eigenvalue weighted by Gasteiger charge is -2.28. The van der Waals surface area contributed by atoms with Crippen LogP contribution in [0.2, 0.25) is 0 Å². The maximum Gasteiger partial charge on any atom is 0.328 e. The van der Waals surface area contributed by atoms with Gasteiger partial charge in [-0.3, -0.25) is 14.5 Å². The van der Waals surface area contributed by atoms with Crippen LogP contribution >= 0.6 is 7.60 Å². The predicted molar refractivity (Wildman–Crippen MR) is 59.7 cm³/mol. The molecule has 0 aromatic carbocycles. The van der Waals surface area contributed by atoms with Gasteiger partial charge in [-0.05, 0) is 27.7 Å². The van der Waals surface area contributed by atoms with Crippen LogP contribution in [0.3, 0.4) is 0 Å². The van der Waals surface area contributed by atoms with Gasteiger partial charge in [0.1, 0.15) is 5.60 Å². The molecule has 1 unspecified atom stereocenters. The molecule has 0 radical (unpaired) electrons. The molecule has 5 nitrogen and oxygen atoms in total. The zero-order valence-corrected chi connectivity index (χ0v) is 10.9. The van der Waals surface area contributed by atoms with Crippen molar-refractivity contribution in [3.63, 3.8) is 0 Å². The summed E-state index contributed by atoms with van der Waals surface area (Å²) in [5, 5.41) is 7.58. The molecule has 0 aliphatic heterocycles. The Hall–Kier alpha value is -0.380. The normalized spacial score (nSPS) is 15.8. The Bertz CT molecular complexity index is 265. The third kappa shape index (κ3) is 5.30. The molecule has 0 saturated carbocycles. The number of ether oxygens (including phenoxy) is 1. The summed E-state index contributed by atoms with van der Waals surface area (Å²) in [7, 11) is -3.11. The van der Waals surface area contributed by atoms with Gasteiger partial charge in [-0.1, -0.05) is 0 Å². The number of hydrogen-bond acceptors (Lipinski definition) is 5. The summed E-state index contributed by atoms with van der Waals surface area (Å²) in [6.45, 7) is 8.84. The van der Waals surface area contributed by atoms with Gasteiger partial charge in [0.05, 0.1) is 13.2 Å². The molecule has 0 aromatic heterocycles. The lowest BCUT2D eigenvalue weighted by atomic mass is 10.1. The Kier molecular flexibility index (Phi) is 5.49. The van der Waals surface area contributed by atoms with Crippen molar-refractivity contribution < 1.29 is 18.3 Å².